The lowest BCUT2D eigenvalue weighted by atomic mass is 9.79. The second-order valence-corrected chi connectivity index (χ2v) is 8.81. The summed E-state index contributed by atoms with van der Waals surface area (Å²) >= 11 is 0. The Bertz CT molecular complexity index is 620. The van der Waals surface area contributed by atoms with E-state index < -0.39 is 5.60 Å². The van der Waals surface area contributed by atoms with E-state index in [0.717, 1.165) is 38.8 Å². The molecule has 2 aliphatic heterocycles. The summed E-state index contributed by atoms with van der Waals surface area (Å²) in [6, 6.07) is 10.5. The van der Waals surface area contributed by atoms with Gasteiger partial charge in [-0.15, -0.1) is 0 Å². The predicted octanol–water partition coefficient (Wildman–Crippen LogP) is 4.29. The minimum Gasteiger partial charge on any atom is -0.444 e. The largest absolute Gasteiger partial charge is 0.444 e. The molecule has 2 heterocycles. The van der Waals surface area contributed by atoms with Crippen LogP contribution in [0.3, 0.4) is 0 Å². The number of carbonyl (C=O) groups is 1. The highest BCUT2D eigenvalue weighted by Crippen LogP contribution is 2.43. The Balaban J connectivity index is 1.84. The van der Waals surface area contributed by atoms with Gasteiger partial charge in [-0.05, 0) is 72.0 Å². The molecule has 0 radical (unpaired) electrons. The van der Waals surface area contributed by atoms with Crippen LogP contribution in [0.25, 0.3) is 0 Å². The minimum absolute atomic E-state index is 0.0135. The Kier molecular flexibility index (Phi) is 6.11. The summed E-state index contributed by atoms with van der Waals surface area (Å²) in [4.78, 5) is 14.8. The third kappa shape index (κ3) is 5.02. The molecule has 0 bridgehead atoms. The zero-order chi connectivity index (χ0) is 19.5. The summed E-state index contributed by atoms with van der Waals surface area (Å²) in [6.07, 6.45) is 3.46. The smallest absolute Gasteiger partial charge is 0.410 e. The molecule has 5 nitrogen and oxygen atoms in total. The van der Waals surface area contributed by atoms with Gasteiger partial charge in [0.15, 0.2) is 0 Å². The summed E-state index contributed by atoms with van der Waals surface area (Å²) in [5, 5.41) is 3.44. The molecule has 0 aliphatic carbocycles. The van der Waals surface area contributed by atoms with Crippen LogP contribution in [-0.2, 0) is 9.47 Å². The van der Waals surface area contributed by atoms with Crippen LogP contribution in [0, 0.1) is 0 Å². The Hall–Kier alpha value is -1.59. The monoisotopic (exact) mass is 374 g/mol. The van der Waals surface area contributed by atoms with E-state index in [1.165, 1.54) is 5.56 Å². The molecule has 150 valence electrons. The van der Waals surface area contributed by atoms with Gasteiger partial charge in [-0.1, -0.05) is 30.3 Å². The molecule has 2 atom stereocenters. The first-order valence-electron chi connectivity index (χ1n) is 10.2. The molecule has 2 fully saturated rings. The molecule has 2 saturated heterocycles. The molecule has 27 heavy (non-hydrogen) atoms. The molecule has 1 amide bonds. The van der Waals surface area contributed by atoms with Crippen molar-refractivity contribution >= 4 is 6.09 Å². The molecule has 5 heteroatoms. The normalized spacial score (nSPS) is 25.2. The average molecular weight is 375 g/mol. The molecule has 1 N–H and O–H groups in total. The number of piperidine rings is 1. The topological polar surface area (TPSA) is 50.8 Å². The van der Waals surface area contributed by atoms with Gasteiger partial charge >= 0.3 is 6.09 Å². The van der Waals surface area contributed by atoms with Gasteiger partial charge in [0, 0.05) is 12.6 Å². The van der Waals surface area contributed by atoms with Crippen LogP contribution in [0.5, 0.6) is 0 Å². The highest BCUT2D eigenvalue weighted by molar-refractivity contribution is 5.68. The molecule has 0 saturated carbocycles. The lowest BCUT2D eigenvalue weighted by Crippen LogP contribution is -2.55. The molecular formula is C22H34N2O3. The quantitative estimate of drug-likeness (QED) is 0.858. The summed E-state index contributed by atoms with van der Waals surface area (Å²) in [5.41, 5.74) is 0.547. The van der Waals surface area contributed by atoms with Crippen molar-refractivity contribution in [2.75, 3.05) is 19.6 Å². The van der Waals surface area contributed by atoms with Crippen molar-refractivity contribution < 1.29 is 14.3 Å². The SMILES string of the molecule is CCN(C(=O)OC(C)(C)C)C1CC(c2ccccc2)OC2(CCNCC2)C1. The van der Waals surface area contributed by atoms with E-state index in [-0.39, 0.29) is 23.8 Å². The Morgan fingerprint density at radius 3 is 2.52 bits per heavy atom. The van der Waals surface area contributed by atoms with E-state index in [4.69, 9.17) is 9.47 Å². The maximum absolute atomic E-state index is 12.9. The van der Waals surface area contributed by atoms with Crippen molar-refractivity contribution in [3.05, 3.63) is 35.9 Å². The molecule has 2 aliphatic rings. The van der Waals surface area contributed by atoms with Gasteiger partial charge in [0.1, 0.15) is 5.60 Å². The third-order valence-electron chi connectivity index (χ3n) is 5.58. The fourth-order valence-electron chi connectivity index (χ4n) is 4.33. The standard InChI is InChI=1S/C22H34N2O3/c1-5-24(20(25)27-21(2,3)4)18-15-19(17-9-7-6-8-10-17)26-22(16-18)11-13-23-14-12-22/h6-10,18-19,23H,5,11-16H2,1-4H3. The number of ether oxygens (including phenoxy) is 2. The van der Waals surface area contributed by atoms with Gasteiger partial charge in [-0.25, -0.2) is 4.79 Å². The summed E-state index contributed by atoms with van der Waals surface area (Å²) in [7, 11) is 0. The molecular weight excluding hydrogens is 340 g/mol. The first-order valence-corrected chi connectivity index (χ1v) is 10.2. The second kappa shape index (κ2) is 8.19. The molecule has 1 aromatic carbocycles. The van der Waals surface area contributed by atoms with Gasteiger partial charge in [0.05, 0.1) is 11.7 Å². The van der Waals surface area contributed by atoms with Crippen LogP contribution in [0.4, 0.5) is 4.79 Å². The third-order valence-corrected chi connectivity index (χ3v) is 5.58. The van der Waals surface area contributed by atoms with Crippen molar-refractivity contribution in [3.63, 3.8) is 0 Å². The van der Waals surface area contributed by atoms with Crippen molar-refractivity contribution in [2.24, 2.45) is 0 Å². The van der Waals surface area contributed by atoms with Crippen LogP contribution in [-0.4, -0.2) is 47.9 Å². The molecule has 2 unspecified atom stereocenters. The van der Waals surface area contributed by atoms with Crippen molar-refractivity contribution in [1.82, 2.24) is 10.2 Å². The second-order valence-electron chi connectivity index (χ2n) is 8.81. The van der Waals surface area contributed by atoms with Crippen LogP contribution in [0.1, 0.15) is 65.0 Å². The lowest BCUT2D eigenvalue weighted by molar-refractivity contribution is -0.164. The van der Waals surface area contributed by atoms with Gasteiger partial charge in [0.25, 0.3) is 0 Å². The number of hydrogen-bond acceptors (Lipinski definition) is 4. The Labute approximate surface area is 163 Å². The van der Waals surface area contributed by atoms with E-state index in [9.17, 15) is 4.79 Å². The van der Waals surface area contributed by atoms with Gasteiger partial charge in [0.2, 0.25) is 0 Å². The van der Waals surface area contributed by atoms with Gasteiger partial charge in [-0.3, -0.25) is 0 Å². The zero-order valence-electron chi connectivity index (χ0n) is 17.2. The van der Waals surface area contributed by atoms with E-state index in [0.29, 0.717) is 6.54 Å². The van der Waals surface area contributed by atoms with Gasteiger partial charge in [-0.2, -0.15) is 0 Å². The van der Waals surface area contributed by atoms with Crippen molar-refractivity contribution in [1.29, 1.82) is 0 Å². The fraction of sp³-hybridized carbons (Fsp3) is 0.682. The Morgan fingerprint density at radius 2 is 1.93 bits per heavy atom. The number of hydrogen-bond donors (Lipinski definition) is 1. The molecule has 1 spiro atoms. The number of carbonyl (C=O) groups excluding carboxylic acids is 1. The maximum atomic E-state index is 12.9. The van der Waals surface area contributed by atoms with Crippen LogP contribution in [0.15, 0.2) is 30.3 Å². The number of nitrogens with one attached hydrogen (secondary N) is 1. The number of rotatable bonds is 3. The summed E-state index contributed by atoms with van der Waals surface area (Å²) in [6.45, 7) is 10.4. The summed E-state index contributed by atoms with van der Waals surface area (Å²) in [5.74, 6) is 0. The first kappa shape index (κ1) is 20.2. The van der Waals surface area contributed by atoms with Crippen molar-refractivity contribution in [2.45, 2.75) is 76.7 Å². The van der Waals surface area contributed by atoms with E-state index in [1.807, 2.05) is 38.7 Å². The zero-order valence-corrected chi connectivity index (χ0v) is 17.2. The molecule has 1 aromatic rings. The highest BCUT2D eigenvalue weighted by atomic mass is 16.6. The van der Waals surface area contributed by atoms with E-state index in [1.54, 1.807) is 0 Å². The molecule has 3 rings (SSSR count). The maximum Gasteiger partial charge on any atom is 0.410 e. The Morgan fingerprint density at radius 1 is 1.26 bits per heavy atom. The average Bonchev–Trinajstić information content (AvgIpc) is 2.62. The van der Waals surface area contributed by atoms with Gasteiger partial charge < -0.3 is 19.7 Å². The number of amides is 1. The van der Waals surface area contributed by atoms with Crippen LogP contribution >= 0.6 is 0 Å². The lowest BCUT2D eigenvalue weighted by Gasteiger charge is -2.49. The fourth-order valence-corrected chi connectivity index (χ4v) is 4.33. The van der Waals surface area contributed by atoms with Crippen LogP contribution < -0.4 is 5.32 Å². The van der Waals surface area contributed by atoms with E-state index >= 15 is 0 Å². The minimum atomic E-state index is -0.485. The highest BCUT2D eigenvalue weighted by Gasteiger charge is 2.45. The predicted molar refractivity (Wildman–Crippen MR) is 107 cm³/mol. The van der Waals surface area contributed by atoms with Crippen LogP contribution in [0.2, 0.25) is 0 Å². The first-order chi connectivity index (χ1) is 12.8. The van der Waals surface area contributed by atoms with Crippen molar-refractivity contribution in [3.8, 4) is 0 Å². The van der Waals surface area contributed by atoms with E-state index in [2.05, 4.69) is 29.6 Å². The summed E-state index contributed by atoms with van der Waals surface area (Å²) < 4.78 is 12.4. The number of benzene rings is 1. The molecule has 0 aromatic heterocycles. The number of nitrogens with zero attached hydrogens (tertiary/aromatic N) is 1.